The van der Waals surface area contributed by atoms with Crippen LogP contribution in [0.25, 0.3) is 0 Å². The molecule has 7 heteroatoms. The quantitative estimate of drug-likeness (QED) is 0.528. The number of halogens is 2. The standard InChI is InChI=1S/C15H12Br2O5/c1-8(16)14(22-15(18)11-3-2-4-19-11)9-5-12-13(6-10(9)17)21-7-20-12/h2-6,8,14H,7H2,1H3/t8-,14+/m0/s1. The van der Waals surface area contributed by atoms with Crippen LogP contribution in [0.3, 0.4) is 0 Å². The van der Waals surface area contributed by atoms with E-state index in [9.17, 15) is 4.79 Å². The third kappa shape index (κ3) is 3.01. The van der Waals surface area contributed by atoms with Crippen molar-refractivity contribution < 1.29 is 23.4 Å². The van der Waals surface area contributed by atoms with Gasteiger partial charge in [0.15, 0.2) is 11.5 Å². The first-order chi connectivity index (χ1) is 10.6. The number of carbonyl (C=O) groups excluding carboxylic acids is 1. The number of hydrogen-bond donors (Lipinski definition) is 0. The molecule has 2 atom stereocenters. The van der Waals surface area contributed by atoms with E-state index in [1.54, 1.807) is 18.2 Å². The zero-order chi connectivity index (χ0) is 15.7. The van der Waals surface area contributed by atoms with Gasteiger partial charge in [0, 0.05) is 10.0 Å². The number of esters is 1. The summed E-state index contributed by atoms with van der Waals surface area (Å²) in [6.45, 7) is 2.09. The molecule has 116 valence electrons. The molecule has 0 fully saturated rings. The van der Waals surface area contributed by atoms with Gasteiger partial charge < -0.3 is 18.6 Å². The molecule has 1 aliphatic heterocycles. The summed E-state index contributed by atoms with van der Waals surface area (Å²) in [6, 6.07) is 6.82. The summed E-state index contributed by atoms with van der Waals surface area (Å²) in [7, 11) is 0. The van der Waals surface area contributed by atoms with Crippen molar-refractivity contribution >= 4 is 37.8 Å². The van der Waals surface area contributed by atoms with Crippen LogP contribution in [-0.2, 0) is 4.74 Å². The van der Waals surface area contributed by atoms with Gasteiger partial charge >= 0.3 is 5.97 Å². The highest BCUT2D eigenvalue weighted by Crippen LogP contribution is 2.41. The first-order valence-electron chi connectivity index (χ1n) is 6.54. The van der Waals surface area contributed by atoms with Gasteiger partial charge in [-0.25, -0.2) is 4.79 Å². The largest absolute Gasteiger partial charge is 0.457 e. The molecule has 0 unspecified atom stereocenters. The van der Waals surface area contributed by atoms with Crippen molar-refractivity contribution in [3.8, 4) is 11.5 Å². The van der Waals surface area contributed by atoms with Crippen LogP contribution in [0.2, 0.25) is 0 Å². The lowest BCUT2D eigenvalue weighted by atomic mass is 10.1. The first-order valence-corrected chi connectivity index (χ1v) is 8.24. The Morgan fingerprint density at radius 1 is 1.32 bits per heavy atom. The lowest BCUT2D eigenvalue weighted by molar-refractivity contribution is 0.0266. The molecule has 1 aliphatic rings. The molecule has 0 bridgehead atoms. The predicted octanol–water partition coefficient (Wildman–Crippen LogP) is 4.45. The van der Waals surface area contributed by atoms with E-state index in [1.165, 1.54) is 6.26 Å². The molecule has 5 nitrogen and oxygen atoms in total. The van der Waals surface area contributed by atoms with E-state index in [4.69, 9.17) is 18.6 Å². The second-order valence-corrected chi connectivity index (χ2v) is 7.01. The number of carbonyl (C=O) groups is 1. The molecule has 3 rings (SSSR count). The monoisotopic (exact) mass is 430 g/mol. The van der Waals surface area contributed by atoms with Crippen molar-refractivity contribution in [3.63, 3.8) is 0 Å². The maximum absolute atomic E-state index is 12.1. The number of hydrogen-bond acceptors (Lipinski definition) is 5. The molecule has 0 aliphatic carbocycles. The maximum atomic E-state index is 12.1. The number of benzene rings is 1. The molecule has 0 saturated heterocycles. The average Bonchev–Trinajstić information content (AvgIpc) is 3.14. The Balaban J connectivity index is 1.90. The summed E-state index contributed by atoms with van der Waals surface area (Å²) in [6.07, 6.45) is 0.918. The van der Waals surface area contributed by atoms with E-state index < -0.39 is 12.1 Å². The predicted molar refractivity (Wildman–Crippen MR) is 85.5 cm³/mol. The summed E-state index contributed by atoms with van der Waals surface area (Å²) in [5.74, 6) is 0.931. The molecule has 0 saturated carbocycles. The van der Waals surface area contributed by atoms with Gasteiger partial charge in [0.25, 0.3) is 0 Å². The molecule has 1 aromatic carbocycles. The molecule has 22 heavy (non-hydrogen) atoms. The fourth-order valence-electron chi connectivity index (χ4n) is 2.12. The van der Waals surface area contributed by atoms with Crippen LogP contribution in [-0.4, -0.2) is 17.6 Å². The van der Waals surface area contributed by atoms with Gasteiger partial charge in [-0.1, -0.05) is 31.9 Å². The van der Waals surface area contributed by atoms with Crippen LogP contribution >= 0.6 is 31.9 Å². The maximum Gasteiger partial charge on any atom is 0.374 e. The molecule has 2 heterocycles. The van der Waals surface area contributed by atoms with E-state index in [1.807, 2.05) is 13.0 Å². The molecule has 2 aromatic rings. The SMILES string of the molecule is C[C@H](Br)[C@@H](OC(=O)c1ccco1)c1cc2c(cc1Br)OCO2. The number of fused-ring (bicyclic) bond motifs is 1. The third-order valence-corrected chi connectivity index (χ3v) is 4.34. The topological polar surface area (TPSA) is 57.9 Å². The zero-order valence-corrected chi connectivity index (χ0v) is 14.7. The Bertz CT molecular complexity index is 681. The summed E-state index contributed by atoms with van der Waals surface area (Å²) in [5, 5.41) is 0. The van der Waals surface area contributed by atoms with E-state index in [0.29, 0.717) is 11.5 Å². The minimum atomic E-state index is -0.522. The summed E-state index contributed by atoms with van der Waals surface area (Å²) < 4.78 is 22.1. The molecular weight excluding hydrogens is 420 g/mol. The average molecular weight is 432 g/mol. The van der Waals surface area contributed by atoms with Crippen LogP contribution in [0.5, 0.6) is 11.5 Å². The van der Waals surface area contributed by atoms with Crippen molar-refractivity contribution in [3.05, 3.63) is 46.3 Å². The summed E-state index contributed by atoms with van der Waals surface area (Å²) in [4.78, 5) is 12.0. The van der Waals surface area contributed by atoms with Gasteiger partial charge in [0.2, 0.25) is 12.6 Å². The van der Waals surface area contributed by atoms with Gasteiger partial charge in [-0.15, -0.1) is 0 Å². The number of alkyl halides is 1. The van der Waals surface area contributed by atoms with Crippen LogP contribution in [0.15, 0.2) is 39.4 Å². The Labute approximate surface area is 143 Å². The number of rotatable bonds is 4. The van der Waals surface area contributed by atoms with Crippen LogP contribution < -0.4 is 9.47 Å². The number of ether oxygens (including phenoxy) is 3. The minimum absolute atomic E-state index is 0.108. The van der Waals surface area contributed by atoms with Crippen LogP contribution in [0.1, 0.15) is 29.1 Å². The Hall–Kier alpha value is -1.47. The third-order valence-electron chi connectivity index (χ3n) is 3.17. The lowest BCUT2D eigenvalue weighted by Crippen LogP contribution is -2.18. The van der Waals surface area contributed by atoms with Crippen molar-refractivity contribution in [1.82, 2.24) is 0 Å². The molecule has 0 spiro atoms. The van der Waals surface area contributed by atoms with Crippen molar-refractivity contribution in [2.75, 3.05) is 6.79 Å². The zero-order valence-electron chi connectivity index (χ0n) is 11.5. The smallest absolute Gasteiger partial charge is 0.374 e. The fourth-order valence-corrected chi connectivity index (χ4v) is 3.06. The molecule has 1 aromatic heterocycles. The second kappa shape index (κ2) is 6.34. The van der Waals surface area contributed by atoms with Gasteiger partial charge in [-0.2, -0.15) is 0 Å². The molecule has 0 N–H and O–H groups in total. The first kappa shape index (κ1) is 15.4. The highest BCUT2D eigenvalue weighted by molar-refractivity contribution is 9.10. The number of furan rings is 1. The lowest BCUT2D eigenvalue weighted by Gasteiger charge is -2.21. The van der Waals surface area contributed by atoms with E-state index in [0.717, 1.165) is 10.0 Å². The normalized spacial score (nSPS) is 15.4. The molecule has 0 radical (unpaired) electrons. The Kier molecular flexibility index (Phi) is 4.44. The van der Waals surface area contributed by atoms with E-state index in [2.05, 4.69) is 31.9 Å². The Morgan fingerprint density at radius 2 is 2.05 bits per heavy atom. The highest BCUT2D eigenvalue weighted by atomic mass is 79.9. The van der Waals surface area contributed by atoms with Gasteiger partial charge in [0.05, 0.1) is 11.1 Å². The minimum Gasteiger partial charge on any atom is -0.457 e. The molecular formula is C15H12Br2O5. The van der Waals surface area contributed by atoms with E-state index >= 15 is 0 Å². The van der Waals surface area contributed by atoms with Crippen molar-refractivity contribution in [2.45, 2.75) is 17.9 Å². The second-order valence-electron chi connectivity index (χ2n) is 4.71. The van der Waals surface area contributed by atoms with Crippen molar-refractivity contribution in [1.29, 1.82) is 0 Å². The van der Waals surface area contributed by atoms with Crippen LogP contribution in [0, 0.1) is 0 Å². The van der Waals surface area contributed by atoms with Gasteiger partial charge in [-0.05, 0) is 31.2 Å². The summed E-state index contributed by atoms with van der Waals surface area (Å²) in [5.41, 5.74) is 0.786. The van der Waals surface area contributed by atoms with Gasteiger partial charge in [-0.3, -0.25) is 0 Å². The van der Waals surface area contributed by atoms with E-state index in [-0.39, 0.29) is 17.4 Å². The van der Waals surface area contributed by atoms with Crippen LogP contribution in [0.4, 0.5) is 0 Å². The molecule has 0 amide bonds. The van der Waals surface area contributed by atoms with Crippen molar-refractivity contribution in [2.24, 2.45) is 0 Å². The summed E-state index contributed by atoms with van der Waals surface area (Å²) >= 11 is 6.97. The highest BCUT2D eigenvalue weighted by Gasteiger charge is 2.28. The Morgan fingerprint density at radius 3 is 2.68 bits per heavy atom. The van der Waals surface area contributed by atoms with Gasteiger partial charge in [0.1, 0.15) is 6.10 Å². The fraction of sp³-hybridized carbons (Fsp3) is 0.267.